The van der Waals surface area contributed by atoms with E-state index in [1.807, 2.05) is 0 Å². The van der Waals surface area contributed by atoms with E-state index < -0.39 is 22.8 Å². The molecule has 0 radical (unpaired) electrons. The Labute approximate surface area is 127 Å². The first-order chi connectivity index (χ1) is 10.0. The molecular formula is C14H24N2O4S. The summed E-state index contributed by atoms with van der Waals surface area (Å²) in [6.45, 7) is 0.322. The van der Waals surface area contributed by atoms with Crippen LogP contribution in [0.15, 0.2) is 0 Å². The second-order valence-electron chi connectivity index (χ2n) is 5.96. The van der Waals surface area contributed by atoms with Crippen LogP contribution in [-0.4, -0.2) is 56.9 Å². The van der Waals surface area contributed by atoms with Crippen molar-refractivity contribution in [1.29, 1.82) is 0 Å². The van der Waals surface area contributed by atoms with Crippen molar-refractivity contribution in [2.45, 2.75) is 50.6 Å². The van der Waals surface area contributed by atoms with Crippen LogP contribution in [0, 0.1) is 5.92 Å². The fraction of sp³-hybridized carbons (Fsp3) is 0.857. The first-order valence-electron chi connectivity index (χ1n) is 7.59. The Morgan fingerprint density at radius 1 is 1.24 bits per heavy atom. The zero-order valence-electron chi connectivity index (χ0n) is 12.4. The number of nitrogens with zero attached hydrogens (tertiary/aromatic N) is 1. The van der Waals surface area contributed by atoms with Gasteiger partial charge in [-0.25, -0.2) is 9.59 Å². The molecule has 1 saturated heterocycles. The molecule has 2 fully saturated rings. The number of hydrogen-bond acceptors (Lipinski definition) is 3. The normalized spacial score (nSPS) is 30.3. The van der Waals surface area contributed by atoms with Crippen molar-refractivity contribution in [2.75, 3.05) is 18.6 Å². The van der Waals surface area contributed by atoms with Gasteiger partial charge in [-0.05, 0) is 31.6 Å². The third-order valence-corrected chi connectivity index (χ3v) is 5.34. The summed E-state index contributed by atoms with van der Waals surface area (Å²) in [6.07, 6.45) is 7.21. The molecule has 1 saturated carbocycles. The van der Waals surface area contributed by atoms with Gasteiger partial charge in [0.1, 0.15) is 6.04 Å². The molecule has 0 aromatic rings. The maximum absolute atomic E-state index is 12.4. The van der Waals surface area contributed by atoms with Gasteiger partial charge in [0.15, 0.2) is 0 Å². The molecule has 0 aromatic heterocycles. The maximum Gasteiger partial charge on any atom is 0.326 e. The Morgan fingerprint density at radius 2 is 1.95 bits per heavy atom. The molecular weight excluding hydrogens is 292 g/mol. The number of carboxylic acid groups (broad SMARTS) is 1. The molecule has 0 aromatic carbocycles. The Balaban J connectivity index is 2.06. The zero-order valence-corrected chi connectivity index (χ0v) is 13.2. The number of carbonyl (C=O) groups is 2. The quantitative estimate of drug-likeness (QED) is 0.815. The highest BCUT2D eigenvalue weighted by Crippen LogP contribution is 2.37. The van der Waals surface area contributed by atoms with Crippen LogP contribution in [0.2, 0.25) is 0 Å². The Bertz CT molecular complexity index is 429. The predicted octanol–water partition coefficient (Wildman–Crippen LogP) is 1.18. The highest BCUT2D eigenvalue weighted by Gasteiger charge is 2.43. The van der Waals surface area contributed by atoms with E-state index in [9.17, 15) is 18.9 Å². The third kappa shape index (κ3) is 3.96. The predicted molar refractivity (Wildman–Crippen MR) is 80.6 cm³/mol. The van der Waals surface area contributed by atoms with Crippen LogP contribution in [0.1, 0.15) is 38.5 Å². The van der Waals surface area contributed by atoms with Gasteiger partial charge in [0.25, 0.3) is 0 Å². The van der Waals surface area contributed by atoms with Crippen molar-refractivity contribution in [2.24, 2.45) is 5.92 Å². The van der Waals surface area contributed by atoms with Gasteiger partial charge in [-0.15, -0.1) is 0 Å². The zero-order chi connectivity index (χ0) is 15.4. The highest BCUT2D eigenvalue weighted by molar-refractivity contribution is 7.84. The van der Waals surface area contributed by atoms with Crippen molar-refractivity contribution >= 4 is 22.8 Å². The molecule has 4 atom stereocenters. The number of likely N-dealkylation sites (tertiary alicyclic amines) is 1. The standard InChI is InChI=1S/C14H24N2O4S/c1-21(20)9-8-15-14(19)16-11-5-3-2-4-10(11)6-7-12(16)13(17)18/h10-12H,2-9H2,1H3,(H,15,19)(H,17,18). The SMILES string of the molecule is CS(=O)CCNC(=O)N1C(C(=O)O)CCC2CCCCC21. The molecule has 1 aliphatic heterocycles. The minimum absolute atomic E-state index is 0.0423. The molecule has 1 aliphatic carbocycles. The number of carbonyl (C=O) groups excluding carboxylic acids is 1. The average molecular weight is 316 g/mol. The van der Waals surface area contributed by atoms with Crippen LogP contribution in [0.5, 0.6) is 0 Å². The van der Waals surface area contributed by atoms with Gasteiger partial charge in [-0.2, -0.15) is 0 Å². The summed E-state index contributed by atoms with van der Waals surface area (Å²) in [6, 6.07) is -0.998. The van der Waals surface area contributed by atoms with Gasteiger partial charge in [-0.3, -0.25) is 4.21 Å². The van der Waals surface area contributed by atoms with Crippen LogP contribution in [0.25, 0.3) is 0 Å². The topological polar surface area (TPSA) is 86.7 Å². The van der Waals surface area contributed by atoms with Gasteiger partial charge in [0, 0.05) is 35.4 Å². The van der Waals surface area contributed by atoms with E-state index in [4.69, 9.17) is 0 Å². The summed E-state index contributed by atoms with van der Waals surface area (Å²) in [5, 5.41) is 12.1. The summed E-state index contributed by atoms with van der Waals surface area (Å²) in [5.74, 6) is -0.0977. The Hall–Kier alpha value is -1.11. The molecule has 1 heterocycles. The Morgan fingerprint density at radius 3 is 2.62 bits per heavy atom. The van der Waals surface area contributed by atoms with E-state index in [0.717, 1.165) is 25.7 Å². The number of fused-ring (bicyclic) bond motifs is 1. The summed E-state index contributed by atoms with van der Waals surface area (Å²) < 4.78 is 11.1. The highest BCUT2D eigenvalue weighted by atomic mass is 32.2. The largest absolute Gasteiger partial charge is 0.480 e. The monoisotopic (exact) mass is 316 g/mol. The fourth-order valence-corrected chi connectivity index (χ4v) is 3.95. The number of aliphatic carboxylic acids is 1. The number of piperidine rings is 1. The first-order valence-corrected chi connectivity index (χ1v) is 9.32. The smallest absolute Gasteiger partial charge is 0.326 e. The lowest BCUT2D eigenvalue weighted by Crippen LogP contribution is -2.60. The van der Waals surface area contributed by atoms with Crippen molar-refractivity contribution in [3.8, 4) is 0 Å². The number of nitrogens with one attached hydrogen (secondary N) is 1. The lowest BCUT2D eigenvalue weighted by molar-refractivity contribution is -0.145. The van der Waals surface area contributed by atoms with E-state index in [-0.39, 0.29) is 12.1 Å². The van der Waals surface area contributed by atoms with E-state index in [1.165, 1.54) is 6.42 Å². The van der Waals surface area contributed by atoms with Crippen molar-refractivity contribution in [1.82, 2.24) is 10.2 Å². The minimum atomic E-state index is -0.962. The van der Waals surface area contributed by atoms with Crippen LogP contribution in [-0.2, 0) is 15.6 Å². The number of hydrogen-bond donors (Lipinski definition) is 2. The molecule has 120 valence electrons. The van der Waals surface area contributed by atoms with Gasteiger partial charge in [0.05, 0.1) is 0 Å². The molecule has 7 heteroatoms. The van der Waals surface area contributed by atoms with E-state index in [2.05, 4.69) is 5.32 Å². The second kappa shape index (κ2) is 7.24. The number of carboxylic acids is 1. The number of urea groups is 1. The van der Waals surface area contributed by atoms with Crippen LogP contribution < -0.4 is 5.32 Å². The molecule has 4 unspecified atom stereocenters. The molecule has 2 N–H and O–H groups in total. The van der Waals surface area contributed by atoms with Crippen molar-refractivity contribution < 1.29 is 18.9 Å². The third-order valence-electron chi connectivity index (χ3n) is 4.56. The van der Waals surface area contributed by atoms with E-state index >= 15 is 0 Å². The van der Waals surface area contributed by atoms with Crippen LogP contribution >= 0.6 is 0 Å². The molecule has 6 nitrogen and oxygen atoms in total. The van der Waals surface area contributed by atoms with Gasteiger partial charge >= 0.3 is 12.0 Å². The summed E-state index contributed by atoms with van der Waals surface area (Å²) >= 11 is 0. The fourth-order valence-electron chi connectivity index (χ4n) is 3.56. The maximum atomic E-state index is 12.4. The molecule has 2 aliphatic rings. The molecule has 0 spiro atoms. The molecule has 2 amide bonds. The van der Waals surface area contributed by atoms with Crippen molar-refractivity contribution in [3.05, 3.63) is 0 Å². The second-order valence-corrected chi connectivity index (χ2v) is 7.51. The van der Waals surface area contributed by atoms with Crippen molar-refractivity contribution in [3.63, 3.8) is 0 Å². The first kappa shape index (κ1) is 16.3. The number of rotatable bonds is 4. The van der Waals surface area contributed by atoms with E-state index in [0.29, 0.717) is 24.6 Å². The van der Waals surface area contributed by atoms with Gasteiger partial charge < -0.3 is 15.3 Å². The minimum Gasteiger partial charge on any atom is -0.480 e. The average Bonchev–Trinajstić information content (AvgIpc) is 2.45. The number of amides is 2. The molecule has 0 bridgehead atoms. The lowest BCUT2D eigenvalue weighted by Gasteiger charge is -2.46. The van der Waals surface area contributed by atoms with Crippen LogP contribution in [0.3, 0.4) is 0 Å². The van der Waals surface area contributed by atoms with E-state index in [1.54, 1.807) is 11.2 Å². The lowest BCUT2D eigenvalue weighted by atomic mass is 9.76. The Kier molecular flexibility index (Phi) is 5.61. The molecule has 2 rings (SSSR count). The van der Waals surface area contributed by atoms with Crippen LogP contribution in [0.4, 0.5) is 4.79 Å². The summed E-state index contributed by atoms with van der Waals surface area (Å²) in [5.41, 5.74) is 0. The summed E-state index contributed by atoms with van der Waals surface area (Å²) in [4.78, 5) is 25.4. The van der Waals surface area contributed by atoms with Gasteiger partial charge in [-0.1, -0.05) is 12.8 Å². The summed E-state index contributed by atoms with van der Waals surface area (Å²) in [7, 11) is -0.962. The van der Waals surface area contributed by atoms with Gasteiger partial charge in [0.2, 0.25) is 0 Å². The molecule has 21 heavy (non-hydrogen) atoms.